The zero-order chi connectivity index (χ0) is 28.2. The molecule has 0 aliphatic rings. The number of benzene rings is 3. The van der Waals surface area contributed by atoms with E-state index in [1.807, 2.05) is 29.8 Å². The van der Waals surface area contributed by atoms with Crippen LogP contribution in [0.2, 0.25) is 0 Å². The van der Waals surface area contributed by atoms with Crippen LogP contribution in [0, 0.1) is 24.4 Å². The van der Waals surface area contributed by atoms with Crippen LogP contribution in [0.25, 0.3) is 33.1 Å². The fourth-order valence-electron chi connectivity index (χ4n) is 4.49. The summed E-state index contributed by atoms with van der Waals surface area (Å²) in [5, 5.41) is 8.34. The van der Waals surface area contributed by atoms with Crippen molar-refractivity contribution < 1.29 is 26.4 Å². The molecule has 12 heteroatoms. The van der Waals surface area contributed by atoms with E-state index in [1.54, 1.807) is 12.3 Å². The van der Waals surface area contributed by atoms with Gasteiger partial charge in [0, 0.05) is 34.3 Å². The maximum Gasteiger partial charge on any atom is 0.262 e. The van der Waals surface area contributed by atoms with Gasteiger partial charge in [0.15, 0.2) is 5.82 Å². The number of hydrogen-bond acceptors (Lipinski definition) is 5. The van der Waals surface area contributed by atoms with Crippen molar-refractivity contribution in [1.82, 2.24) is 20.2 Å². The summed E-state index contributed by atoms with van der Waals surface area (Å²) in [6.45, 7) is 1.86. The number of ketones is 1. The molecular weight excluding hydrogens is 543 g/mol. The summed E-state index contributed by atoms with van der Waals surface area (Å²) in [6, 6.07) is 13.0. The number of halogens is 3. The molecule has 0 radical (unpaired) electrons. The number of nitrogens with zero attached hydrogens (tertiary/aromatic N) is 2. The highest BCUT2D eigenvalue weighted by molar-refractivity contribution is 7.92. The van der Waals surface area contributed by atoms with Gasteiger partial charge in [-0.05, 0) is 61.0 Å². The van der Waals surface area contributed by atoms with E-state index in [9.17, 15) is 22.0 Å². The Morgan fingerprint density at radius 1 is 0.950 bits per heavy atom. The van der Waals surface area contributed by atoms with Gasteiger partial charge < -0.3 is 4.98 Å². The molecular formula is C28H18F3N5O3S. The Balaban J connectivity index is 1.40. The van der Waals surface area contributed by atoms with Crippen molar-refractivity contribution in [2.75, 3.05) is 4.72 Å². The first-order valence-electron chi connectivity index (χ1n) is 11.9. The SMILES string of the molecule is Cc1n[nH]c2ccc(-c3cnc4[nH]cc(C(=O)c5c(F)ccc(NS(=O)(=O)c6cccc(F)c6)c5F)c4c3)cc12. The van der Waals surface area contributed by atoms with Crippen LogP contribution in [0.5, 0.6) is 0 Å². The number of aryl methyl sites for hydroxylation is 1. The largest absolute Gasteiger partial charge is 0.345 e. The van der Waals surface area contributed by atoms with Gasteiger partial charge >= 0.3 is 0 Å². The number of anilines is 1. The van der Waals surface area contributed by atoms with E-state index in [1.165, 1.54) is 12.3 Å². The molecule has 0 spiro atoms. The molecule has 3 heterocycles. The third-order valence-electron chi connectivity index (χ3n) is 6.53. The quantitative estimate of drug-likeness (QED) is 0.220. The Labute approximate surface area is 224 Å². The summed E-state index contributed by atoms with van der Waals surface area (Å²) in [6.07, 6.45) is 2.89. The number of rotatable bonds is 6. The number of aromatic nitrogens is 4. The topological polar surface area (TPSA) is 121 Å². The lowest BCUT2D eigenvalue weighted by Crippen LogP contribution is -2.16. The third-order valence-corrected chi connectivity index (χ3v) is 7.89. The Morgan fingerprint density at radius 2 is 1.75 bits per heavy atom. The van der Waals surface area contributed by atoms with Gasteiger partial charge in [0.2, 0.25) is 5.78 Å². The highest BCUT2D eigenvalue weighted by Gasteiger charge is 2.26. The first kappa shape index (κ1) is 25.3. The average molecular weight is 562 g/mol. The van der Waals surface area contributed by atoms with Crippen LogP contribution < -0.4 is 4.72 Å². The lowest BCUT2D eigenvalue weighted by molar-refractivity contribution is 0.103. The number of carbonyl (C=O) groups is 1. The summed E-state index contributed by atoms with van der Waals surface area (Å²) >= 11 is 0. The molecule has 0 fully saturated rings. The molecule has 6 aromatic rings. The summed E-state index contributed by atoms with van der Waals surface area (Å²) in [4.78, 5) is 20.2. The third kappa shape index (κ3) is 4.28. The van der Waals surface area contributed by atoms with Crippen molar-refractivity contribution in [1.29, 1.82) is 0 Å². The molecule has 3 aromatic carbocycles. The second-order valence-corrected chi connectivity index (χ2v) is 10.8. The number of pyridine rings is 1. The lowest BCUT2D eigenvalue weighted by atomic mass is 9.99. The van der Waals surface area contributed by atoms with Crippen LogP contribution >= 0.6 is 0 Å². The number of fused-ring (bicyclic) bond motifs is 2. The van der Waals surface area contributed by atoms with Crippen LogP contribution in [-0.4, -0.2) is 34.4 Å². The van der Waals surface area contributed by atoms with Gasteiger partial charge in [-0.3, -0.25) is 14.6 Å². The molecule has 0 saturated heterocycles. The molecule has 0 amide bonds. The van der Waals surface area contributed by atoms with Gasteiger partial charge in [-0.15, -0.1) is 0 Å². The van der Waals surface area contributed by atoms with E-state index in [2.05, 4.69) is 20.2 Å². The van der Waals surface area contributed by atoms with Crippen LogP contribution in [0.15, 0.2) is 78.0 Å². The molecule has 3 aromatic heterocycles. The highest BCUT2D eigenvalue weighted by atomic mass is 32.2. The van der Waals surface area contributed by atoms with E-state index in [-0.39, 0.29) is 5.56 Å². The molecule has 0 aliphatic heterocycles. The second-order valence-electron chi connectivity index (χ2n) is 9.07. The number of H-pyrrole nitrogens is 2. The molecule has 6 rings (SSSR count). The van der Waals surface area contributed by atoms with Gasteiger partial charge in [-0.2, -0.15) is 5.10 Å². The van der Waals surface area contributed by atoms with E-state index >= 15 is 4.39 Å². The molecule has 0 atom stereocenters. The monoisotopic (exact) mass is 561 g/mol. The molecule has 3 N–H and O–H groups in total. The van der Waals surface area contributed by atoms with E-state index in [4.69, 9.17) is 0 Å². The van der Waals surface area contributed by atoms with Crippen LogP contribution in [0.4, 0.5) is 18.9 Å². The zero-order valence-electron chi connectivity index (χ0n) is 20.6. The minimum absolute atomic E-state index is 0.0622. The Morgan fingerprint density at radius 3 is 2.55 bits per heavy atom. The maximum atomic E-state index is 15.5. The maximum absolute atomic E-state index is 15.5. The fourth-order valence-corrected chi connectivity index (χ4v) is 5.58. The number of sulfonamides is 1. The minimum Gasteiger partial charge on any atom is -0.345 e. The lowest BCUT2D eigenvalue weighted by Gasteiger charge is -2.12. The average Bonchev–Trinajstić information content (AvgIpc) is 3.53. The number of hydrogen-bond donors (Lipinski definition) is 3. The second kappa shape index (κ2) is 9.35. The minimum atomic E-state index is -4.44. The Kier molecular flexibility index (Phi) is 5.91. The molecule has 40 heavy (non-hydrogen) atoms. The van der Waals surface area contributed by atoms with Crippen molar-refractivity contribution in [2.45, 2.75) is 11.8 Å². The summed E-state index contributed by atoms with van der Waals surface area (Å²) in [7, 11) is -4.44. The van der Waals surface area contributed by atoms with Crippen molar-refractivity contribution in [3.05, 3.63) is 107 Å². The molecule has 0 unspecified atom stereocenters. The summed E-state index contributed by atoms with van der Waals surface area (Å²) in [5.41, 5.74) is 1.73. The predicted octanol–water partition coefficient (Wildman–Crippen LogP) is 5.86. The smallest absolute Gasteiger partial charge is 0.262 e. The van der Waals surface area contributed by atoms with Crippen molar-refractivity contribution in [3.8, 4) is 11.1 Å². The first-order chi connectivity index (χ1) is 19.1. The van der Waals surface area contributed by atoms with Crippen molar-refractivity contribution >= 4 is 43.4 Å². The van der Waals surface area contributed by atoms with Gasteiger partial charge in [-0.25, -0.2) is 26.6 Å². The normalized spacial score (nSPS) is 11.8. The van der Waals surface area contributed by atoms with Crippen molar-refractivity contribution in [3.63, 3.8) is 0 Å². The number of aromatic amines is 2. The zero-order valence-corrected chi connectivity index (χ0v) is 21.4. The van der Waals surface area contributed by atoms with Crippen LogP contribution in [0.3, 0.4) is 0 Å². The Hall–Kier alpha value is -4.97. The predicted molar refractivity (Wildman–Crippen MR) is 143 cm³/mol. The summed E-state index contributed by atoms with van der Waals surface area (Å²) in [5.74, 6) is -4.43. The molecule has 0 aliphatic carbocycles. The fraction of sp³-hybridized carbons (Fsp3) is 0.0357. The van der Waals surface area contributed by atoms with E-state index in [0.717, 1.165) is 52.5 Å². The number of carbonyl (C=O) groups excluding carboxylic acids is 1. The molecule has 0 bridgehead atoms. The summed E-state index contributed by atoms with van der Waals surface area (Å²) < 4.78 is 71.3. The van der Waals surface area contributed by atoms with Crippen LogP contribution in [-0.2, 0) is 10.0 Å². The number of nitrogens with one attached hydrogen (secondary N) is 3. The van der Waals surface area contributed by atoms with Gasteiger partial charge in [0.25, 0.3) is 10.0 Å². The van der Waals surface area contributed by atoms with Gasteiger partial charge in [0.05, 0.1) is 27.4 Å². The van der Waals surface area contributed by atoms with Crippen molar-refractivity contribution in [2.24, 2.45) is 0 Å². The molecule has 200 valence electrons. The molecule has 0 saturated carbocycles. The van der Waals surface area contributed by atoms with Gasteiger partial charge in [0.1, 0.15) is 17.3 Å². The standard InChI is InChI=1S/C28H18F3N5O3S/c1-14-19-9-15(5-7-23(19)35-34-14)16-10-20-21(13-33-28(20)32-12-16)27(37)25-22(30)6-8-24(26(25)31)36-40(38,39)18-4-2-3-17(29)11-18/h2-13,36H,1H3,(H,32,33)(H,34,35). The van der Waals surface area contributed by atoms with Gasteiger partial charge in [-0.1, -0.05) is 12.1 Å². The van der Waals surface area contributed by atoms with E-state index < -0.39 is 49.4 Å². The Bertz CT molecular complexity index is 2090. The highest BCUT2D eigenvalue weighted by Crippen LogP contribution is 2.31. The van der Waals surface area contributed by atoms with Crippen LogP contribution in [0.1, 0.15) is 21.6 Å². The van der Waals surface area contributed by atoms with E-state index in [0.29, 0.717) is 16.6 Å². The molecule has 8 nitrogen and oxygen atoms in total. The first-order valence-corrected chi connectivity index (χ1v) is 13.3.